The molecule has 0 aliphatic heterocycles. The van der Waals surface area contributed by atoms with Crippen LogP contribution in [0.4, 0.5) is 0 Å². The summed E-state index contributed by atoms with van der Waals surface area (Å²) in [6.07, 6.45) is 16.5. The van der Waals surface area contributed by atoms with Gasteiger partial charge in [0.15, 0.2) is 0 Å². The van der Waals surface area contributed by atoms with Crippen LogP contribution in [0.5, 0.6) is 0 Å². The van der Waals surface area contributed by atoms with Gasteiger partial charge in [0.05, 0.1) is 35.8 Å². The number of pyridine rings is 6. The number of carboxylic acids is 6. The van der Waals surface area contributed by atoms with Gasteiger partial charge in [-0.2, -0.15) is 0 Å². The Hall–Kier alpha value is -7.22. The Morgan fingerprint density at radius 1 is 0.286 bits per heavy atom. The SMILES string of the molecule is O=C([O-])c1cccnc1.O=C([O-])c1cccnc1.O=C([O-])c1cccnc1.O=C([O-])c1cccnc1.O=C([O-])c1cccnc1.O=C([O-])c1cccnc1.[Cr+3].[Cr+3]. The van der Waals surface area contributed by atoms with E-state index in [-0.39, 0.29) is 68.1 Å². The minimum atomic E-state index is -1.19. The molecular formula is C36H24Cr2N6O12. The van der Waals surface area contributed by atoms with Gasteiger partial charge in [0.2, 0.25) is 0 Å². The van der Waals surface area contributed by atoms with Crippen molar-refractivity contribution in [2.24, 2.45) is 0 Å². The third kappa shape index (κ3) is 23.4. The number of hydrogen-bond acceptors (Lipinski definition) is 18. The second-order valence-corrected chi connectivity index (χ2v) is 9.17. The van der Waals surface area contributed by atoms with E-state index in [9.17, 15) is 59.4 Å². The van der Waals surface area contributed by atoms with Crippen LogP contribution in [0.2, 0.25) is 0 Å². The van der Waals surface area contributed by atoms with Crippen LogP contribution in [0.1, 0.15) is 62.1 Å². The Labute approximate surface area is 339 Å². The molecule has 0 N–H and O–H groups in total. The van der Waals surface area contributed by atoms with Crippen LogP contribution >= 0.6 is 0 Å². The normalized spacial score (nSPS) is 8.57. The number of carboxylic acid groups (broad SMARTS) is 6. The van der Waals surface area contributed by atoms with Crippen LogP contribution < -0.4 is 30.6 Å². The average Bonchev–Trinajstić information content (AvgIpc) is 3.21. The molecule has 0 saturated heterocycles. The van der Waals surface area contributed by atoms with Gasteiger partial charge in [-0.05, 0) is 36.4 Å². The van der Waals surface area contributed by atoms with E-state index in [1.165, 1.54) is 111 Å². The quantitative estimate of drug-likeness (QED) is 0.158. The summed E-state index contributed by atoms with van der Waals surface area (Å²) in [5.74, 6) is -7.15. The minimum absolute atomic E-state index is 0. The van der Waals surface area contributed by atoms with Gasteiger partial charge in [0, 0.05) is 108 Å². The van der Waals surface area contributed by atoms with Gasteiger partial charge in [0.1, 0.15) is 0 Å². The van der Waals surface area contributed by atoms with Gasteiger partial charge in [-0.3, -0.25) is 29.9 Å². The van der Waals surface area contributed by atoms with Crippen LogP contribution in [0, 0.1) is 0 Å². The molecular weight excluding hydrogens is 812 g/mol. The fraction of sp³-hybridized carbons (Fsp3) is 0. The molecule has 20 heteroatoms. The molecule has 6 aromatic heterocycles. The maximum atomic E-state index is 10.0. The average molecular weight is 837 g/mol. The van der Waals surface area contributed by atoms with Crippen molar-refractivity contribution in [2.75, 3.05) is 0 Å². The van der Waals surface area contributed by atoms with Crippen LogP contribution in [0.15, 0.2) is 147 Å². The summed E-state index contributed by atoms with van der Waals surface area (Å²) in [7, 11) is 0. The molecule has 0 saturated carbocycles. The van der Waals surface area contributed by atoms with E-state index in [4.69, 9.17) is 0 Å². The van der Waals surface area contributed by atoms with Crippen LogP contribution in [-0.2, 0) is 34.7 Å². The second kappa shape index (κ2) is 30.3. The molecule has 0 atom stereocenters. The third-order valence-corrected chi connectivity index (χ3v) is 5.38. The van der Waals surface area contributed by atoms with E-state index in [1.807, 2.05) is 0 Å². The number of carbonyl (C=O) groups excluding carboxylic acids is 6. The molecule has 0 unspecified atom stereocenters. The summed E-state index contributed by atoms with van der Waals surface area (Å²) < 4.78 is 0. The second-order valence-electron chi connectivity index (χ2n) is 9.17. The van der Waals surface area contributed by atoms with Crippen LogP contribution in [-0.4, -0.2) is 65.7 Å². The molecule has 2 radical (unpaired) electrons. The summed E-state index contributed by atoms with van der Waals surface area (Å²) in [6.45, 7) is 0. The summed E-state index contributed by atoms with van der Waals surface area (Å²) in [5, 5.41) is 60.3. The van der Waals surface area contributed by atoms with Crippen LogP contribution in [0.3, 0.4) is 0 Å². The molecule has 6 heterocycles. The Bertz CT molecular complexity index is 1640. The first-order valence-corrected chi connectivity index (χ1v) is 14.5. The number of carbonyl (C=O) groups is 6. The van der Waals surface area contributed by atoms with E-state index < -0.39 is 35.8 Å². The van der Waals surface area contributed by atoms with Crippen molar-refractivity contribution < 1.29 is 94.1 Å². The van der Waals surface area contributed by atoms with Gasteiger partial charge >= 0.3 is 34.7 Å². The van der Waals surface area contributed by atoms with Gasteiger partial charge in [-0.25, -0.2) is 0 Å². The molecule has 0 bridgehead atoms. The molecule has 282 valence electrons. The molecule has 0 spiro atoms. The Morgan fingerprint density at radius 3 is 0.464 bits per heavy atom. The molecule has 0 fully saturated rings. The third-order valence-electron chi connectivity index (χ3n) is 5.38. The fourth-order valence-electron chi connectivity index (χ4n) is 2.90. The van der Waals surface area contributed by atoms with Gasteiger partial charge in [-0.1, -0.05) is 36.4 Å². The Kier molecular flexibility index (Phi) is 27.5. The summed E-state index contributed by atoms with van der Waals surface area (Å²) >= 11 is 0. The predicted molar refractivity (Wildman–Crippen MR) is 171 cm³/mol. The minimum Gasteiger partial charge on any atom is -0.545 e. The van der Waals surface area contributed by atoms with E-state index in [0.717, 1.165) is 0 Å². The van der Waals surface area contributed by atoms with Crippen molar-refractivity contribution in [3.8, 4) is 0 Å². The first-order valence-electron chi connectivity index (χ1n) is 14.5. The van der Waals surface area contributed by atoms with E-state index in [0.29, 0.717) is 0 Å². The largest absolute Gasteiger partial charge is 3.00 e. The smallest absolute Gasteiger partial charge is 0.545 e. The number of hydrogen-bond donors (Lipinski definition) is 0. The summed E-state index contributed by atoms with van der Waals surface area (Å²) in [5.41, 5.74) is 0.653. The van der Waals surface area contributed by atoms with Gasteiger partial charge in [0.25, 0.3) is 0 Å². The zero-order valence-electron chi connectivity index (χ0n) is 28.3. The number of nitrogens with zero attached hydrogens (tertiary/aromatic N) is 6. The monoisotopic (exact) mass is 836 g/mol. The molecule has 56 heavy (non-hydrogen) atoms. The fourth-order valence-corrected chi connectivity index (χ4v) is 2.90. The Balaban J connectivity index is 0. The molecule has 18 nitrogen and oxygen atoms in total. The molecule has 0 aliphatic carbocycles. The van der Waals surface area contributed by atoms with Crippen molar-refractivity contribution in [2.45, 2.75) is 0 Å². The first kappa shape index (κ1) is 50.9. The van der Waals surface area contributed by atoms with Crippen molar-refractivity contribution in [1.82, 2.24) is 29.9 Å². The van der Waals surface area contributed by atoms with Crippen molar-refractivity contribution in [3.05, 3.63) is 181 Å². The molecule has 0 amide bonds. The molecule has 0 aliphatic rings. The predicted octanol–water partition coefficient (Wildman–Crippen LogP) is -3.33. The number of aromatic carboxylic acids is 6. The Morgan fingerprint density at radius 2 is 0.411 bits per heavy atom. The van der Waals surface area contributed by atoms with Crippen LogP contribution in [0.25, 0.3) is 0 Å². The van der Waals surface area contributed by atoms with Gasteiger partial charge < -0.3 is 59.4 Å². The maximum absolute atomic E-state index is 10.0. The topological polar surface area (TPSA) is 318 Å². The van der Waals surface area contributed by atoms with E-state index >= 15 is 0 Å². The standard InChI is InChI=1S/6C6H5NO2.2Cr/c6*8-6(9)5-2-1-3-7-4-5;;/h6*1-4H,(H,8,9);;/q;;;;;;2*+3/p-6. The maximum Gasteiger partial charge on any atom is 3.00 e. The zero-order chi connectivity index (χ0) is 40.1. The zero-order valence-corrected chi connectivity index (χ0v) is 30.8. The summed E-state index contributed by atoms with van der Waals surface area (Å²) in [4.78, 5) is 81.8. The van der Waals surface area contributed by atoms with E-state index in [1.54, 1.807) is 36.4 Å². The van der Waals surface area contributed by atoms with Crippen molar-refractivity contribution >= 4 is 35.8 Å². The molecule has 6 rings (SSSR count). The molecule has 6 aromatic rings. The number of rotatable bonds is 6. The van der Waals surface area contributed by atoms with Gasteiger partial charge in [-0.15, -0.1) is 0 Å². The van der Waals surface area contributed by atoms with Crippen molar-refractivity contribution in [3.63, 3.8) is 0 Å². The molecule has 0 aromatic carbocycles. The number of aromatic nitrogens is 6. The first-order chi connectivity index (χ1) is 25.8. The summed E-state index contributed by atoms with van der Waals surface area (Å²) in [6, 6.07) is 17.9. The van der Waals surface area contributed by atoms with E-state index in [2.05, 4.69) is 29.9 Å². The van der Waals surface area contributed by atoms with Crippen molar-refractivity contribution in [1.29, 1.82) is 0 Å².